The molecule has 2 aromatic rings. The molecule has 2 aromatic carbocycles. The molecule has 0 fully saturated rings. The van der Waals surface area contributed by atoms with Crippen molar-refractivity contribution in [1.29, 1.82) is 5.26 Å². The first-order valence-electron chi connectivity index (χ1n) is 7.76. The van der Waals surface area contributed by atoms with Gasteiger partial charge in [0.15, 0.2) is 0 Å². The number of nitrogens with zero attached hydrogens (tertiary/aromatic N) is 1. The van der Waals surface area contributed by atoms with Crippen molar-refractivity contribution in [3.8, 4) is 17.6 Å². The van der Waals surface area contributed by atoms with Gasteiger partial charge in [-0.15, -0.1) is 17.2 Å². The lowest BCUT2D eigenvalue weighted by Gasteiger charge is -2.39. The molecule has 0 spiro atoms. The van der Waals surface area contributed by atoms with Crippen molar-refractivity contribution in [3.63, 3.8) is 0 Å². The Hall–Kier alpha value is -2.03. The monoisotopic (exact) mass is 474 g/mol. The molecule has 1 aliphatic rings. The van der Waals surface area contributed by atoms with Crippen molar-refractivity contribution in [1.82, 2.24) is 0 Å². The summed E-state index contributed by atoms with van der Waals surface area (Å²) in [6.07, 6.45) is 0.716. The zero-order valence-electron chi connectivity index (χ0n) is 14.1. The Bertz CT molecular complexity index is 1030. The predicted octanol–water partition coefficient (Wildman–Crippen LogP) is 5.70. The molecule has 0 saturated heterocycles. The molecule has 1 atom stereocenters. The highest BCUT2D eigenvalue weighted by molar-refractivity contribution is 9.10. The Balaban J connectivity index is 2.17. The maximum absolute atomic E-state index is 14.9. The molecular weight excluding hydrogens is 461 g/mol. The van der Waals surface area contributed by atoms with Crippen LogP contribution >= 0.6 is 26.5 Å². The third-order valence-corrected chi connectivity index (χ3v) is 7.21. The molecule has 1 aliphatic heterocycles. The van der Waals surface area contributed by atoms with Crippen LogP contribution in [0.2, 0.25) is 0 Å². The second-order valence-electron chi connectivity index (χ2n) is 6.17. The zero-order valence-corrected chi connectivity index (χ0v) is 16.5. The second kappa shape index (κ2) is 6.79. The summed E-state index contributed by atoms with van der Waals surface area (Å²) in [7, 11) is -4.54. The maximum Gasteiger partial charge on any atom is 0.363 e. The van der Waals surface area contributed by atoms with E-state index < -0.39 is 38.5 Å². The van der Waals surface area contributed by atoms with E-state index in [4.69, 9.17) is 15.7 Å². The molecule has 0 radical (unpaired) electrons. The lowest BCUT2D eigenvalue weighted by atomic mass is 9.88. The summed E-state index contributed by atoms with van der Waals surface area (Å²) < 4.78 is 69.2. The summed E-state index contributed by atoms with van der Waals surface area (Å²) in [5.74, 6) is -0.771. The van der Waals surface area contributed by atoms with Crippen LogP contribution < -0.4 is 10.5 Å². The van der Waals surface area contributed by atoms with Crippen LogP contribution in [0.15, 0.2) is 52.4 Å². The van der Waals surface area contributed by atoms with E-state index >= 15 is 0 Å². The average Bonchev–Trinajstić information content (AvgIpc) is 2.73. The molecule has 0 aliphatic carbocycles. The molecule has 148 valence electrons. The third kappa shape index (κ3) is 2.82. The van der Waals surface area contributed by atoms with Gasteiger partial charge < -0.3 is 10.5 Å². The molecule has 5 nitrogen and oxygen atoms in total. The van der Waals surface area contributed by atoms with Crippen LogP contribution in [0.4, 0.5) is 13.2 Å². The topological polar surface area (TPSA) is 99.5 Å². The molecule has 0 bridgehead atoms. The van der Waals surface area contributed by atoms with Gasteiger partial charge in [0.05, 0.1) is 21.0 Å². The van der Waals surface area contributed by atoms with Crippen molar-refractivity contribution in [3.05, 3.63) is 64.4 Å². The van der Waals surface area contributed by atoms with Crippen LogP contribution in [-0.2, 0) is 5.54 Å². The van der Waals surface area contributed by atoms with Crippen molar-refractivity contribution in [2.24, 2.45) is 5.73 Å². The summed E-state index contributed by atoms with van der Waals surface area (Å²) in [6.45, 7) is 3.42. The van der Waals surface area contributed by atoms with Crippen LogP contribution in [-0.4, -0.2) is 14.4 Å². The van der Waals surface area contributed by atoms with Crippen LogP contribution in [0.1, 0.15) is 17.5 Å². The summed E-state index contributed by atoms with van der Waals surface area (Å²) in [5, 5.41) is 4.88. The van der Waals surface area contributed by atoms with Gasteiger partial charge in [0.1, 0.15) is 22.9 Å². The highest BCUT2D eigenvalue weighted by atomic mass is 79.9. The first kappa shape index (κ1) is 20.7. The summed E-state index contributed by atoms with van der Waals surface area (Å²) in [4.78, 5) is -0.405. The van der Waals surface area contributed by atoms with Crippen LogP contribution in [0.5, 0.6) is 11.5 Å². The average molecular weight is 475 g/mol. The fourth-order valence-corrected chi connectivity index (χ4v) is 5.78. The molecule has 0 saturated carbocycles. The fraction of sp³-hybridized carbons (Fsp3) is 0.167. The standard InChI is InChI=1S/C18H14BrF3N2O3S/c1-2-5-17(24)15-14(28(25,26)18(17,21)22)4-3-13(16(15)19)27-12-7-10(9-23)6-11(20)8-12/h2-4,6-8,25-26H,1,5,24H2. The van der Waals surface area contributed by atoms with Crippen LogP contribution in [0.3, 0.4) is 0 Å². The molecule has 10 heteroatoms. The Morgan fingerprint density at radius 2 is 2.00 bits per heavy atom. The van der Waals surface area contributed by atoms with Crippen molar-refractivity contribution in [2.75, 3.05) is 0 Å². The largest absolute Gasteiger partial charge is 0.456 e. The minimum Gasteiger partial charge on any atom is -0.456 e. The lowest BCUT2D eigenvalue weighted by molar-refractivity contribution is 0.00240. The first-order chi connectivity index (χ1) is 13.0. The fourth-order valence-electron chi connectivity index (χ4n) is 3.07. The highest BCUT2D eigenvalue weighted by Crippen LogP contribution is 2.75. The Labute approximate surface area is 168 Å². The number of rotatable bonds is 4. The lowest BCUT2D eigenvalue weighted by Crippen LogP contribution is -2.50. The number of hydrogen-bond donors (Lipinski definition) is 3. The van der Waals surface area contributed by atoms with E-state index in [0.29, 0.717) is 0 Å². The number of alkyl halides is 2. The van der Waals surface area contributed by atoms with E-state index in [0.717, 1.165) is 24.3 Å². The van der Waals surface area contributed by atoms with Gasteiger partial charge in [-0.1, -0.05) is 6.08 Å². The number of nitriles is 1. The second-order valence-corrected chi connectivity index (χ2v) is 9.01. The molecule has 28 heavy (non-hydrogen) atoms. The van der Waals surface area contributed by atoms with Gasteiger partial charge in [-0.3, -0.25) is 9.11 Å². The van der Waals surface area contributed by atoms with Gasteiger partial charge in [0.2, 0.25) is 0 Å². The number of nitrogens with two attached hydrogens (primary N) is 1. The molecule has 0 aromatic heterocycles. The van der Waals surface area contributed by atoms with E-state index in [-0.39, 0.29) is 27.1 Å². The van der Waals surface area contributed by atoms with Gasteiger partial charge in [-0.2, -0.15) is 14.0 Å². The molecular formula is C18H14BrF3N2O3S. The molecule has 3 rings (SSSR count). The van der Waals surface area contributed by atoms with Crippen LogP contribution in [0, 0.1) is 17.1 Å². The molecule has 1 heterocycles. The number of fused-ring (bicyclic) bond motifs is 1. The summed E-state index contributed by atoms with van der Waals surface area (Å²) in [5.41, 5.74) is 3.29. The minimum absolute atomic E-state index is 0.00724. The van der Waals surface area contributed by atoms with Crippen LogP contribution in [0.25, 0.3) is 0 Å². The summed E-state index contributed by atoms with van der Waals surface area (Å²) in [6, 6.07) is 7.38. The van der Waals surface area contributed by atoms with Gasteiger partial charge in [-0.25, -0.2) is 4.39 Å². The van der Waals surface area contributed by atoms with E-state index in [1.165, 1.54) is 12.1 Å². The SMILES string of the molecule is C=CCC1(N)c2c(ccc(Oc3cc(F)cc(C#N)c3)c2Br)S(O)(O)C1(F)F. The van der Waals surface area contributed by atoms with Crippen molar-refractivity contribution in [2.45, 2.75) is 22.1 Å². The van der Waals surface area contributed by atoms with Crippen molar-refractivity contribution >= 4 is 26.5 Å². The number of halogens is 4. The van der Waals surface area contributed by atoms with Gasteiger partial charge in [-0.05, 0) is 46.6 Å². The zero-order chi connectivity index (χ0) is 20.9. The number of benzene rings is 2. The Kier molecular flexibility index (Phi) is 5.02. The quantitative estimate of drug-likeness (QED) is 0.493. The van der Waals surface area contributed by atoms with Crippen molar-refractivity contribution < 1.29 is 27.0 Å². The smallest absolute Gasteiger partial charge is 0.363 e. The van der Waals surface area contributed by atoms with E-state index in [1.807, 2.05) is 0 Å². The van der Waals surface area contributed by atoms with Gasteiger partial charge in [0.25, 0.3) is 0 Å². The van der Waals surface area contributed by atoms with E-state index in [1.54, 1.807) is 6.07 Å². The van der Waals surface area contributed by atoms with Gasteiger partial charge >= 0.3 is 5.25 Å². The Morgan fingerprint density at radius 1 is 1.32 bits per heavy atom. The Morgan fingerprint density at radius 3 is 2.61 bits per heavy atom. The number of ether oxygens (including phenoxy) is 1. The number of hydrogen-bond acceptors (Lipinski definition) is 5. The predicted molar refractivity (Wildman–Crippen MR) is 102 cm³/mol. The third-order valence-electron chi connectivity index (χ3n) is 4.39. The highest BCUT2D eigenvalue weighted by Gasteiger charge is 2.68. The molecule has 4 N–H and O–H groups in total. The van der Waals surface area contributed by atoms with Gasteiger partial charge in [0, 0.05) is 11.6 Å². The first-order valence-corrected chi connectivity index (χ1v) is 10.1. The molecule has 0 amide bonds. The summed E-state index contributed by atoms with van der Waals surface area (Å²) >= 11 is 3.15. The normalized spacial score (nSPS) is 22.8. The molecule has 1 unspecified atom stereocenters. The maximum atomic E-state index is 14.9. The van der Waals surface area contributed by atoms with E-state index in [2.05, 4.69) is 22.5 Å². The minimum atomic E-state index is -4.54. The van der Waals surface area contributed by atoms with E-state index in [9.17, 15) is 22.3 Å².